The molecule has 1 amide bonds. The normalized spacial score (nSPS) is 18.1. The van der Waals surface area contributed by atoms with Crippen LogP contribution < -0.4 is 4.74 Å². The lowest BCUT2D eigenvalue weighted by Crippen LogP contribution is -2.35. The number of amides is 1. The van der Waals surface area contributed by atoms with Crippen LogP contribution in [0.15, 0.2) is 18.2 Å². The molecule has 1 unspecified atom stereocenters. The number of hydrogen-bond acceptors (Lipinski definition) is 2. The number of rotatable bonds is 3. The maximum absolute atomic E-state index is 12.2. The Morgan fingerprint density at radius 1 is 1.42 bits per heavy atom. The Bertz CT molecular complexity index is 468. The second kappa shape index (κ2) is 5.64. The third kappa shape index (κ3) is 2.75. The third-order valence-corrected chi connectivity index (χ3v) is 3.94. The number of carbonyl (C=O) groups is 1. The third-order valence-electron chi connectivity index (χ3n) is 3.94. The summed E-state index contributed by atoms with van der Waals surface area (Å²) in [6.07, 6.45) is 3.25. The average Bonchev–Trinajstić information content (AvgIpc) is 2.44. The Balaban J connectivity index is 2.29. The topological polar surface area (TPSA) is 29.5 Å². The van der Waals surface area contributed by atoms with Crippen molar-refractivity contribution in [3.05, 3.63) is 29.3 Å². The van der Waals surface area contributed by atoms with Gasteiger partial charge in [-0.15, -0.1) is 0 Å². The zero-order chi connectivity index (χ0) is 14.0. The van der Waals surface area contributed by atoms with Crippen molar-refractivity contribution in [3.8, 4) is 5.75 Å². The van der Waals surface area contributed by atoms with Gasteiger partial charge in [-0.05, 0) is 42.5 Å². The van der Waals surface area contributed by atoms with Gasteiger partial charge >= 0.3 is 0 Å². The average molecular weight is 261 g/mol. The summed E-state index contributed by atoms with van der Waals surface area (Å²) >= 11 is 0. The molecule has 19 heavy (non-hydrogen) atoms. The fourth-order valence-electron chi connectivity index (χ4n) is 2.86. The monoisotopic (exact) mass is 261 g/mol. The van der Waals surface area contributed by atoms with Gasteiger partial charge in [0.2, 0.25) is 5.91 Å². The molecule has 3 heteroatoms. The number of aryl methyl sites for hydroxylation is 1. The first-order chi connectivity index (χ1) is 9.04. The van der Waals surface area contributed by atoms with Crippen LogP contribution in [0.5, 0.6) is 5.75 Å². The van der Waals surface area contributed by atoms with Gasteiger partial charge in [0.15, 0.2) is 0 Å². The molecule has 1 atom stereocenters. The van der Waals surface area contributed by atoms with E-state index in [1.807, 2.05) is 31.9 Å². The minimum Gasteiger partial charge on any atom is -0.497 e. The molecule has 1 aromatic carbocycles. The van der Waals surface area contributed by atoms with E-state index in [9.17, 15) is 4.79 Å². The number of benzene rings is 1. The molecule has 2 rings (SSSR count). The van der Waals surface area contributed by atoms with Crippen molar-refractivity contribution in [1.82, 2.24) is 4.90 Å². The van der Waals surface area contributed by atoms with Crippen LogP contribution in [-0.2, 0) is 11.2 Å². The molecule has 1 aliphatic rings. The van der Waals surface area contributed by atoms with Gasteiger partial charge in [-0.1, -0.05) is 19.9 Å². The van der Waals surface area contributed by atoms with Crippen LogP contribution in [-0.4, -0.2) is 25.0 Å². The molecule has 1 aromatic rings. The fourth-order valence-corrected chi connectivity index (χ4v) is 2.86. The van der Waals surface area contributed by atoms with Crippen molar-refractivity contribution < 1.29 is 9.53 Å². The van der Waals surface area contributed by atoms with E-state index in [2.05, 4.69) is 12.1 Å². The first kappa shape index (κ1) is 13.9. The van der Waals surface area contributed by atoms with E-state index in [-0.39, 0.29) is 17.9 Å². The summed E-state index contributed by atoms with van der Waals surface area (Å²) in [7, 11) is 3.61. The number of methoxy groups -OCH3 is 1. The minimum absolute atomic E-state index is 0.0497. The van der Waals surface area contributed by atoms with Crippen molar-refractivity contribution in [1.29, 1.82) is 0 Å². The summed E-state index contributed by atoms with van der Waals surface area (Å²) in [5.41, 5.74) is 2.60. The molecule has 0 saturated carbocycles. The van der Waals surface area contributed by atoms with Gasteiger partial charge < -0.3 is 9.64 Å². The van der Waals surface area contributed by atoms with Gasteiger partial charge in [0.25, 0.3) is 0 Å². The molecule has 0 spiro atoms. The van der Waals surface area contributed by atoms with Crippen molar-refractivity contribution in [2.75, 3.05) is 14.2 Å². The van der Waals surface area contributed by atoms with Crippen molar-refractivity contribution in [3.63, 3.8) is 0 Å². The number of ether oxygens (including phenoxy) is 1. The van der Waals surface area contributed by atoms with Gasteiger partial charge in [0.1, 0.15) is 5.75 Å². The lowest BCUT2D eigenvalue weighted by Gasteiger charge is -2.34. The molecular weight excluding hydrogens is 238 g/mol. The summed E-state index contributed by atoms with van der Waals surface area (Å²) in [5, 5.41) is 0. The van der Waals surface area contributed by atoms with Gasteiger partial charge in [-0.2, -0.15) is 0 Å². The predicted molar refractivity (Wildman–Crippen MR) is 76.3 cm³/mol. The number of hydrogen-bond donors (Lipinski definition) is 0. The molecule has 104 valence electrons. The second-order valence-electron chi connectivity index (χ2n) is 5.58. The summed E-state index contributed by atoms with van der Waals surface area (Å²) < 4.78 is 5.28. The van der Waals surface area contributed by atoms with Crippen LogP contribution in [0.2, 0.25) is 0 Å². The highest BCUT2D eigenvalue weighted by atomic mass is 16.5. The van der Waals surface area contributed by atoms with E-state index in [0.717, 1.165) is 25.0 Å². The van der Waals surface area contributed by atoms with Gasteiger partial charge in [-0.3, -0.25) is 4.79 Å². The van der Waals surface area contributed by atoms with Gasteiger partial charge in [0.05, 0.1) is 13.2 Å². The van der Waals surface area contributed by atoms with Crippen LogP contribution in [0, 0.1) is 5.92 Å². The summed E-state index contributed by atoms with van der Waals surface area (Å²) in [4.78, 5) is 14.1. The van der Waals surface area contributed by atoms with Crippen LogP contribution in [0.4, 0.5) is 0 Å². The van der Waals surface area contributed by atoms with E-state index in [4.69, 9.17) is 4.74 Å². The highest BCUT2D eigenvalue weighted by molar-refractivity contribution is 5.78. The number of carbonyl (C=O) groups excluding carboxylic acids is 1. The Hall–Kier alpha value is -1.51. The molecule has 0 aliphatic heterocycles. The Morgan fingerprint density at radius 2 is 2.16 bits per heavy atom. The van der Waals surface area contributed by atoms with Crippen LogP contribution in [0.25, 0.3) is 0 Å². The Morgan fingerprint density at radius 3 is 2.79 bits per heavy atom. The molecule has 0 heterocycles. The Labute approximate surface area is 115 Å². The van der Waals surface area contributed by atoms with E-state index in [1.165, 1.54) is 11.1 Å². The van der Waals surface area contributed by atoms with E-state index in [1.54, 1.807) is 7.11 Å². The first-order valence-corrected chi connectivity index (χ1v) is 6.98. The molecule has 3 nitrogen and oxygen atoms in total. The van der Waals surface area contributed by atoms with E-state index < -0.39 is 0 Å². The Kier molecular flexibility index (Phi) is 4.13. The predicted octanol–water partition coefficient (Wildman–Crippen LogP) is 3.19. The maximum atomic E-state index is 12.2. The quantitative estimate of drug-likeness (QED) is 0.836. The number of fused-ring (bicyclic) bond motifs is 1. The second-order valence-corrected chi connectivity index (χ2v) is 5.58. The minimum atomic E-state index is 0.0497. The molecule has 0 radical (unpaired) electrons. The molecule has 0 N–H and O–H groups in total. The van der Waals surface area contributed by atoms with Crippen LogP contribution in [0.1, 0.15) is 43.9 Å². The lowest BCUT2D eigenvalue weighted by atomic mass is 9.86. The van der Waals surface area contributed by atoms with Crippen LogP contribution >= 0.6 is 0 Å². The number of nitrogens with zero attached hydrogens (tertiary/aromatic N) is 1. The largest absolute Gasteiger partial charge is 0.497 e. The maximum Gasteiger partial charge on any atom is 0.225 e. The van der Waals surface area contributed by atoms with Crippen molar-refractivity contribution in [2.24, 2.45) is 5.92 Å². The smallest absolute Gasteiger partial charge is 0.225 e. The summed E-state index contributed by atoms with van der Waals surface area (Å²) in [6.45, 7) is 3.91. The fraction of sp³-hybridized carbons (Fsp3) is 0.562. The van der Waals surface area contributed by atoms with E-state index in [0.29, 0.717) is 0 Å². The zero-order valence-corrected chi connectivity index (χ0v) is 12.3. The molecule has 0 bridgehead atoms. The SMILES string of the molecule is COc1ccc2c(c1)CCCC2N(C)C(=O)C(C)C. The van der Waals surface area contributed by atoms with E-state index >= 15 is 0 Å². The summed E-state index contributed by atoms with van der Waals surface area (Å²) in [6, 6.07) is 6.42. The highest BCUT2D eigenvalue weighted by Gasteiger charge is 2.27. The van der Waals surface area contributed by atoms with Gasteiger partial charge in [0, 0.05) is 13.0 Å². The first-order valence-electron chi connectivity index (χ1n) is 6.98. The molecule has 1 aliphatic carbocycles. The lowest BCUT2D eigenvalue weighted by molar-refractivity contribution is -0.135. The van der Waals surface area contributed by atoms with Crippen LogP contribution in [0.3, 0.4) is 0 Å². The van der Waals surface area contributed by atoms with Gasteiger partial charge in [-0.25, -0.2) is 0 Å². The molecule has 0 aromatic heterocycles. The standard InChI is InChI=1S/C16H23NO2/c1-11(2)16(18)17(3)15-7-5-6-12-10-13(19-4)8-9-14(12)15/h8-11,15H,5-7H2,1-4H3. The molecule has 0 fully saturated rings. The summed E-state index contributed by atoms with van der Waals surface area (Å²) in [5.74, 6) is 1.17. The molecular formula is C16H23NO2. The zero-order valence-electron chi connectivity index (χ0n) is 12.3. The van der Waals surface area contributed by atoms with Crippen molar-refractivity contribution >= 4 is 5.91 Å². The van der Waals surface area contributed by atoms with Crippen molar-refractivity contribution in [2.45, 2.75) is 39.2 Å². The molecule has 0 saturated heterocycles. The highest BCUT2D eigenvalue weighted by Crippen LogP contribution is 2.35.